The van der Waals surface area contributed by atoms with Crippen molar-refractivity contribution in [3.63, 3.8) is 0 Å². The molecule has 1 aromatic heterocycles. The maximum Gasteiger partial charge on any atom is 0.243 e. The predicted octanol–water partition coefficient (Wildman–Crippen LogP) is 5.55. The van der Waals surface area contributed by atoms with Crippen LogP contribution in [0.1, 0.15) is 60.2 Å². The molecule has 0 N–H and O–H groups in total. The zero-order chi connectivity index (χ0) is 28.3. The molecule has 214 valence electrons. The predicted molar refractivity (Wildman–Crippen MR) is 157 cm³/mol. The molecule has 1 amide bonds. The average Bonchev–Trinajstić information content (AvgIpc) is 3.64. The number of fused-ring (bicyclic) bond motifs is 1. The average molecular weight is 583 g/mol. The number of sulfonamides is 1. The number of nitrogens with zero attached hydrogens (tertiary/aromatic N) is 2. The summed E-state index contributed by atoms with van der Waals surface area (Å²) in [5.41, 5.74) is 3.29. The summed E-state index contributed by atoms with van der Waals surface area (Å²) in [6.45, 7) is 7.57. The molecule has 0 unspecified atom stereocenters. The van der Waals surface area contributed by atoms with Crippen LogP contribution in [0.25, 0.3) is 0 Å². The lowest BCUT2D eigenvalue weighted by Gasteiger charge is -2.37. The van der Waals surface area contributed by atoms with Crippen LogP contribution >= 0.6 is 11.3 Å². The van der Waals surface area contributed by atoms with E-state index in [-0.39, 0.29) is 36.0 Å². The minimum absolute atomic E-state index is 0.156. The third-order valence-corrected chi connectivity index (χ3v) is 10.6. The third kappa shape index (κ3) is 6.43. The number of carbonyl (C=O) groups excluding carboxylic acids is 1. The van der Waals surface area contributed by atoms with Gasteiger partial charge in [-0.15, -0.1) is 11.3 Å². The fourth-order valence-corrected chi connectivity index (χ4v) is 7.71. The van der Waals surface area contributed by atoms with Gasteiger partial charge in [-0.2, -0.15) is 4.31 Å². The van der Waals surface area contributed by atoms with Crippen LogP contribution in [0.15, 0.2) is 64.9 Å². The highest BCUT2D eigenvalue weighted by Gasteiger charge is 2.36. The van der Waals surface area contributed by atoms with E-state index in [2.05, 4.69) is 37.4 Å². The first-order valence-electron chi connectivity index (χ1n) is 14.0. The molecule has 40 heavy (non-hydrogen) atoms. The molecule has 9 heteroatoms. The maximum absolute atomic E-state index is 13.9. The first-order chi connectivity index (χ1) is 19.2. The maximum atomic E-state index is 13.9. The van der Waals surface area contributed by atoms with Crippen LogP contribution in [0.5, 0.6) is 5.75 Å². The number of hydrogen-bond donors (Lipinski definition) is 0. The Morgan fingerprint density at radius 2 is 1.88 bits per heavy atom. The second-order valence-corrected chi connectivity index (χ2v) is 13.9. The van der Waals surface area contributed by atoms with Crippen LogP contribution in [-0.2, 0) is 26.0 Å². The van der Waals surface area contributed by atoms with Gasteiger partial charge >= 0.3 is 0 Å². The van der Waals surface area contributed by atoms with Crippen LogP contribution in [0, 0.1) is 6.92 Å². The molecule has 1 saturated heterocycles. The van der Waals surface area contributed by atoms with Gasteiger partial charge in [0.15, 0.2) is 0 Å². The van der Waals surface area contributed by atoms with E-state index in [0.717, 1.165) is 36.1 Å². The van der Waals surface area contributed by atoms with E-state index in [1.54, 1.807) is 40.5 Å². The summed E-state index contributed by atoms with van der Waals surface area (Å²) in [5, 5.41) is 2.05. The highest BCUT2D eigenvalue weighted by atomic mass is 32.2. The molecule has 7 nitrogen and oxygen atoms in total. The summed E-state index contributed by atoms with van der Waals surface area (Å²) in [6, 6.07) is 16.6. The van der Waals surface area contributed by atoms with Crippen molar-refractivity contribution in [1.82, 2.24) is 9.21 Å². The number of carbonyl (C=O) groups is 1. The van der Waals surface area contributed by atoms with E-state index >= 15 is 0 Å². The molecule has 0 aliphatic carbocycles. The lowest BCUT2D eigenvalue weighted by atomic mass is 10.0. The van der Waals surface area contributed by atoms with Crippen molar-refractivity contribution in [2.75, 3.05) is 32.8 Å². The monoisotopic (exact) mass is 582 g/mol. The number of benzene rings is 2. The lowest BCUT2D eigenvalue weighted by Crippen LogP contribution is -2.49. The Labute approximate surface area is 241 Å². The van der Waals surface area contributed by atoms with Crippen LogP contribution in [0.2, 0.25) is 0 Å². The SMILES string of the molecule is Cc1ccc(S(=O)(=O)N(CC(=O)N2CCc3sccc3[C@H]2COc2ccc(C(C)C)cc2)C[C@@H]2CCCO2)cc1. The molecule has 0 bridgehead atoms. The first kappa shape index (κ1) is 28.8. The number of aryl methyl sites for hydroxylation is 1. The Hall–Kier alpha value is -2.72. The summed E-state index contributed by atoms with van der Waals surface area (Å²) < 4.78 is 40.8. The molecule has 2 aromatic carbocycles. The molecule has 0 radical (unpaired) electrons. The Kier molecular flexibility index (Phi) is 8.95. The molecule has 5 rings (SSSR count). The molecule has 2 aliphatic heterocycles. The number of ether oxygens (including phenoxy) is 2. The molecule has 1 fully saturated rings. The standard InChI is InChI=1S/C31H38N2O5S2/c1-22(2)24-8-10-25(11-9-24)38-21-29-28-15-18-39-30(28)14-16-33(29)31(34)20-32(19-26-5-4-17-37-26)40(35,36)27-12-6-23(3)7-13-27/h6-13,15,18,22,26,29H,4-5,14,16-17,19-21H2,1-3H3/t26-,29+/m0/s1. The number of hydrogen-bond acceptors (Lipinski definition) is 6. The largest absolute Gasteiger partial charge is 0.491 e. The number of amides is 1. The van der Waals surface area contributed by atoms with Crippen molar-refractivity contribution in [1.29, 1.82) is 0 Å². The van der Waals surface area contributed by atoms with E-state index in [9.17, 15) is 13.2 Å². The smallest absolute Gasteiger partial charge is 0.243 e. The van der Waals surface area contributed by atoms with Gasteiger partial charge in [-0.1, -0.05) is 43.7 Å². The normalized spacial score (nSPS) is 19.3. The minimum atomic E-state index is -3.90. The topological polar surface area (TPSA) is 76.2 Å². The van der Waals surface area contributed by atoms with E-state index < -0.39 is 10.0 Å². The van der Waals surface area contributed by atoms with Gasteiger partial charge in [-0.3, -0.25) is 4.79 Å². The van der Waals surface area contributed by atoms with Crippen molar-refractivity contribution < 1.29 is 22.7 Å². The quantitative estimate of drug-likeness (QED) is 0.313. The molecule has 2 aliphatic rings. The lowest BCUT2D eigenvalue weighted by molar-refractivity contribution is -0.135. The van der Waals surface area contributed by atoms with Gasteiger partial charge in [0.25, 0.3) is 0 Å². The molecule has 0 saturated carbocycles. The Morgan fingerprint density at radius 3 is 2.55 bits per heavy atom. The van der Waals surface area contributed by atoms with Gasteiger partial charge in [-0.25, -0.2) is 8.42 Å². The van der Waals surface area contributed by atoms with E-state index in [1.165, 1.54) is 14.7 Å². The summed E-state index contributed by atoms with van der Waals surface area (Å²) >= 11 is 1.69. The Morgan fingerprint density at radius 1 is 1.12 bits per heavy atom. The number of thiophene rings is 1. The van der Waals surface area contributed by atoms with Crippen molar-refractivity contribution in [3.05, 3.63) is 81.5 Å². The second kappa shape index (κ2) is 12.4. The third-order valence-electron chi connectivity index (χ3n) is 7.77. The summed E-state index contributed by atoms with van der Waals surface area (Å²) in [4.78, 5) is 17.1. The van der Waals surface area contributed by atoms with E-state index in [0.29, 0.717) is 25.7 Å². The fraction of sp³-hybridized carbons (Fsp3) is 0.452. The Bertz CT molecular complexity index is 1390. The molecular formula is C31H38N2O5S2. The molecule has 0 spiro atoms. The Balaban J connectivity index is 1.37. The highest BCUT2D eigenvalue weighted by Crippen LogP contribution is 2.34. The molecule has 2 atom stereocenters. The molecule has 3 aromatic rings. The van der Waals surface area contributed by atoms with Gasteiger partial charge in [0, 0.05) is 24.6 Å². The van der Waals surface area contributed by atoms with Crippen LogP contribution < -0.4 is 4.74 Å². The van der Waals surface area contributed by atoms with E-state index in [4.69, 9.17) is 9.47 Å². The van der Waals surface area contributed by atoms with Crippen molar-refractivity contribution >= 4 is 27.3 Å². The van der Waals surface area contributed by atoms with Crippen LogP contribution in [-0.4, -0.2) is 62.5 Å². The van der Waals surface area contributed by atoms with Gasteiger partial charge in [0.05, 0.1) is 23.6 Å². The minimum Gasteiger partial charge on any atom is -0.491 e. The first-order valence-corrected chi connectivity index (χ1v) is 16.3. The van der Waals surface area contributed by atoms with E-state index in [1.807, 2.05) is 19.1 Å². The zero-order valence-corrected chi connectivity index (χ0v) is 25.0. The van der Waals surface area contributed by atoms with Crippen LogP contribution in [0.4, 0.5) is 0 Å². The van der Waals surface area contributed by atoms with Crippen LogP contribution in [0.3, 0.4) is 0 Å². The summed E-state index contributed by atoms with van der Waals surface area (Å²) in [5.74, 6) is 0.957. The molecule has 3 heterocycles. The molecular weight excluding hydrogens is 544 g/mol. The van der Waals surface area contributed by atoms with Crippen molar-refractivity contribution in [2.24, 2.45) is 0 Å². The fourth-order valence-electron chi connectivity index (χ4n) is 5.36. The highest BCUT2D eigenvalue weighted by molar-refractivity contribution is 7.89. The zero-order valence-electron chi connectivity index (χ0n) is 23.4. The van der Waals surface area contributed by atoms with Gasteiger partial charge < -0.3 is 14.4 Å². The number of rotatable bonds is 10. The van der Waals surface area contributed by atoms with Crippen molar-refractivity contribution in [3.8, 4) is 5.75 Å². The summed E-state index contributed by atoms with van der Waals surface area (Å²) in [7, 11) is -3.90. The van der Waals surface area contributed by atoms with Crippen molar-refractivity contribution in [2.45, 2.75) is 63.0 Å². The van der Waals surface area contributed by atoms with Gasteiger partial charge in [0.1, 0.15) is 12.4 Å². The second-order valence-electron chi connectivity index (χ2n) is 10.9. The van der Waals surface area contributed by atoms with Gasteiger partial charge in [0.2, 0.25) is 15.9 Å². The van der Waals surface area contributed by atoms with Gasteiger partial charge in [-0.05, 0) is 78.9 Å². The summed E-state index contributed by atoms with van der Waals surface area (Å²) in [6.07, 6.45) is 2.20.